The maximum Gasteiger partial charge on any atom is 0.251 e. The number of amides is 1. The SMILES string of the molecule is COc1ccc(C(=O)NC[C@@H](Cl)[C@@H](OC)c2ccccc2)cc1. The third-order valence-electron chi connectivity index (χ3n) is 3.52. The number of rotatable bonds is 7. The van der Waals surface area contributed by atoms with Crippen molar-refractivity contribution in [3.63, 3.8) is 0 Å². The number of benzene rings is 2. The number of methoxy groups -OCH3 is 2. The molecule has 2 aromatic rings. The molecule has 1 amide bonds. The van der Waals surface area contributed by atoms with Gasteiger partial charge in [-0.2, -0.15) is 0 Å². The molecule has 0 unspecified atom stereocenters. The summed E-state index contributed by atoms with van der Waals surface area (Å²) in [5.74, 6) is 0.529. The lowest BCUT2D eigenvalue weighted by Gasteiger charge is -2.21. The maximum atomic E-state index is 12.1. The molecule has 4 nitrogen and oxygen atoms in total. The lowest BCUT2D eigenvalue weighted by atomic mass is 10.1. The quantitative estimate of drug-likeness (QED) is 0.790. The Bertz CT molecular complexity index is 616. The second-order valence-electron chi connectivity index (χ2n) is 5.02. The Hall–Kier alpha value is -2.04. The van der Waals surface area contributed by atoms with Gasteiger partial charge in [-0.3, -0.25) is 4.79 Å². The number of halogens is 1. The van der Waals surface area contributed by atoms with Crippen molar-refractivity contribution >= 4 is 17.5 Å². The van der Waals surface area contributed by atoms with Gasteiger partial charge < -0.3 is 14.8 Å². The van der Waals surface area contributed by atoms with Crippen molar-refractivity contribution in [2.75, 3.05) is 20.8 Å². The zero-order valence-corrected chi connectivity index (χ0v) is 13.9. The van der Waals surface area contributed by atoms with Gasteiger partial charge in [0.2, 0.25) is 0 Å². The lowest BCUT2D eigenvalue weighted by molar-refractivity contribution is 0.0888. The lowest BCUT2D eigenvalue weighted by Crippen LogP contribution is -2.33. The molecule has 0 saturated heterocycles. The molecule has 0 aliphatic heterocycles. The van der Waals surface area contributed by atoms with E-state index < -0.39 is 0 Å². The summed E-state index contributed by atoms with van der Waals surface area (Å²) in [6, 6.07) is 16.6. The van der Waals surface area contributed by atoms with Crippen LogP contribution in [0.2, 0.25) is 0 Å². The van der Waals surface area contributed by atoms with Crippen molar-refractivity contribution < 1.29 is 14.3 Å². The Morgan fingerprint density at radius 2 is 1.74 bits per heavy atom. The van der Waals surface area contributed by atoms with Crippen LogP contribution in [0.1, 0.15) is 22.0 Å². The number of carbonyl (C=O) groups is 1. The third-order valence-corrected chi connectivity index (χ3v) is 3.90. The van der Waals surface area contributed by atoms with E-state index in [0.29, 0.717) is 17.9 Å². The van der Waals surface area contributed by atoms with Crippen molar-refractivity contribution in [3.05, 3.63) is 65.7 Å². The van der Waals surface area contributed by atoms with Crippen molar-refractivity contribution in [1.82, 2.24) is 5.32 Å². The van der Waals surface area contributed by atoms with Crippen molar-refractivity contribution in [2.45, 2.75) is 11.5 Å². The van der Waals surface area contributed by atoms with Crippen molar-refractivity contribution in [3.8, 4) is 5.75 Å². The monoisotopic (exact) mass is 333 g/mol. The molecule has 0 aromatic heterocycles. The molecule has 0 aliphatic carbocycles. The van der Waals surface area contributed by atoms with E-state index in [4.69, 9.17) is 21.1 Å². The van der Waals surface area contributed by atoms with E-state index in [9.17, 15) is 4.79 Å². The van der Waals surface area contributed by atoms with E-state index in [0.717, 1.165) is 5.56 Å². The minimum Gasteiger partial charge on any atom is -0.497 e. The second-order valence-corrected chi connectivity index (χ2v) is 5.58. The van der Waals surface area contributed by atoms with Crippen LogP contribution in [0.15, 0.2) is 54.6 Å². The van der Waals surface area contributed by atoms with Crippen LogP contribution in [0.25, 0.3) is 0 Å². The van der Waals surface area contributed by atoms with Crippen LogP contribution < -0.4 is 10.1 Å². The van der Waals surface area contributed by atoms with Gasteiger partial charge in [-0.25, -0.2) is 0 Å². The van der Waals surface area contributed by atoms with Gasteiger partial charge in [0.1, 0.15) is 11.9 Å². The normalized spacial score (nSPS) is 13.2. The fourth-order valence-electron chi connectivity index (χ4n) is 2.28. The molecule has 0 aliphatic rings. The molecule has 122 valence electrons. The fourth-order valence-corrected chi connectivity index (χ4v) is 2.60. The number of carbonyl (C=O) groups excluding carboxylic acids is 1. The highest BCUT2D eigenvalue weighted by Gasteiger charge is 2.21. The maximum absolute atomic E-state index is 12.1. The van der Waals surface area contributed by atoms with Crippen LogP contribution in [0.4, 0.5) is 0 Å². The summed E-state index contributed by atoms with van der Waals surface area (Å²) < 4.78 is 10.5. The molecule has 0 radical (unpaired) electrons. The number of ether oxygens (including phenoxy) is 2. The summed E-state index contributed by atoms with van der Waals surface area (Å²) in [4.78, 5) is 12.1. The van der Waals surface area contributed by atoms with Gasteiger partial charge in [0.05, 0.1) is 12.5 Å². The van der Waals surface area contributed by atoms with Crippen molar-refractivity contribution in [2.24, 2.45) is 0 Å². The summed E-state index contributed by atoms with van der Waals surface area (Å²) in [6.45, 7) is 0.305. The largest absolute Gasteiger partial charge is 0.497 e. The standard InChI is InChI=1S/C18H20ClNO3/c1-22-15-10-8-14(9-11-15)18(21)20-12-16(19)17(23-2)13-6-4-3-5-7-13/h3-11,16-17H,12H2,1-2H3,(H,20,21)/t16-,17+/m1/s1. The van der Waals surface area contributed by atoms with E-state index in [1.807, 2.05) is 30.3 Å². The Kier molecular flexibility index (Phi) is 6.44. The molecule has 0 spiro atoms. The molecule has 5 heteroatoms. The van der Waals surface area contributed by atoms with E-state index >= 15 is 0 Å². The van der Waals surface area contributed by atoms with E-state index in [2.05, 4.69) is 5.32 Å². The van der Waals surface area contributed by atoms with E-state index in [1.165, 1.54) is 0 Å². The first-order chi connectivity index (χ1) is 11.2. The van der Waals surface area contributed by atoms with Gasteiger partial charge in [0.25, 0.3) is 5.91 Å². The van der Waals surface area contributed by atoms with Gasteiger partial charge >= 0.3 is 0 Å². The fraction of sp³-hybridized carbons (Fsp3) is 0.278. The van der Waals surface area contributed by atoms with Gasteiger partial charge in [0, 0.05) is 19.2 Å². The zero-order chi connectivity index (χ0) is 16.7. The predicted molar refractivity (Wildman–Crippen MR) is 91.2 cm³/mol. The Balaban J connectivity index is 1.94. The number of hydrogen-bond donors (Lipinski definition) is 1. The topological polar surface area (TPSA) is 47.6 Å². The van der Waals surface area contributed by atoms with Gasteiger partial charge in [0.15, 0.2) is 0 Å². The molecule has 0 heterocycles. The molecule has 23 heavy (non-hydrogen) atoms. The van der Waals surface area contributed by atoms with Crippen LogP contribution in [-0.2, 0) is 4.74 Å². The Labute approximate surface area is 141 Å². The molecule has 1 N–H and O–H groups in total. The third kappa shape index (κ3) is 4.71. The summed E-state index contributed by atoms with van der Waals surface area (Å²) in [6.07, 6.45) is -0.283. The molecule has 0 saturated carbocycles. The number of nitrogens with one attached hydrogen (secondary N) is 1. The summed E-state index contributed by atoms with van der Waals surface area (Å²) in [7, 11) is 3.19. The number of alkyl halides is 1. The van der Waals surface area contributed by atoms with Crippen LogP contribution in [0.5, 0.6) is 5.75 Å². The Morgan fingerprint density at radius 1 is 1.09 bits per heavy atom. The molecule has 0 fully saturated rings. The van der Waals surface area contributed by atoms with E-state index in [-0.39, 0.29) is 17.4 Å². The van der Waals surface area contributed by atoms with Crippen LogP contribution in [0, 0.1) is 0 Å². The summed E-state index contributed by atoms with van der Waals surface area (Å²) in [5.41, 5.74) is 1.54. The molecule has 2 aromatic carbocycles. The van der Waals surface area contributed by atoms with Crippen LogP contribution in [0.3, 0.4) is 0 Å². The van der Waals surface area contributed by atoms with Gasteiger partial charge in [-0.15, -0.1) is 11.6 Å². The smallest absolute Gasteiger partial charge is 0.251 e. The molecular formula is C18H20ClNO3. The second kappa shape index (κ2) is 8.56. The van der Waals surface area contributed by atoms with Gasteiger partial charge in [-0.05, 0) is 29.8 Å². The number of hydrogen-bond acceptors (Lipinski definition) is 3. The molecular weight excluding hydrogens is 314 g/mol. The highest BCUT2D eigenvalue weighted by Crippen LogP contribution is 2.24. The van der Waals surface area contributed by atoms with Gasteiger partial charge in [-0.1, -0.05) is 30.3 Å². The average Bonchev–Trinajstić information content (AvgIpc) is 2.61. The van der Waals surface area contributed by atoms with Crippen LogP contribution in [-0.4, -0.2) is 32.0 Å². The molecule has 0 bridgehead atoms. The summed E-state index contributed by atoms with van der Waals surface area (Å²) in [5, 5.41) is 2.46. The zero-order valence-electron chi connectivity index (χ0n) is 13.2. The first kappa shape index (κ1) is 17.3. The first-order valence-corrected chi connectivity index (χ1v) is 7.73. The highest BCUT2D eigenvalue weighted by molar-refractivity contribution is 6.21. The molecule has 2 rings (SSSR count). The summed E-state index contributed by atoms with van der Waals surface area (Å²) >= 11 is 6.40. The first-order valence-electron chi connectivity index (χ1n) is 7.29. The predicted octanol–water partition coefficient (Wildman–Crippen LogP) is 3.42. The van der Waals surface area contributed by atoms with Crippen LogP contribution >= 0.6 is 11.6 Å². The highest BCUT2D eigenvalue weighted by atomic mass is 35.5. The average molecular weight is 334 g/mol. The van der Waals surface area contributed by atoms with E-state index in [1.54, 1.807) is 38.5 Å². The molecule has 2 atom stereocenters. The minimum absolute atomic E-state index is 0.179. The Morgan fingerprint density at radius 3 is 2.30 bits per heavy atom. The minimum atomic E-state index is -0.371. The van der Waals surface area contributed by atoms with Crippen molar-refractivity contribution in [1.29, 1.82) is 0 Å².